The van der Waals surface area contributed by atoms with Gasteiger partial charge in [-0.2, -0.15) is 0 Å². The number of hydrogen-bond donors (Lipinski definition) is 1. The van der Waals surface area contributed by atoms with E-state index in [1.165, 1.54) is 12.1 Å². The molecule has 0 heterocycles. The maximum Gasteiger partial charge on any atom is 0.264 e. The molecule has 0 aliphatic carbocycles. The molecule has 0 aliphatic heterocycles. The molecule has 0 fully saturated rings. The average molecular weight is 453 g/mol. The Labute approximate surface area is 189 Å². The minimum absolute atomic E-state index is 0.133. The maximum absolute atomic E-state index is 13.3. The lowest BCUT2D eigenvalue weighted by Gasteiger charge is -2.24. The predicted molar refractivity (Wildman–Crippen MR) is 126 cm³/mol. The van der Waals surface area contributed by atoms with E-state index in [-0.39, 0.29) is 24.6 Å². The summed E-state index contributed by atoms with van der Waals surface area (Å²) in [6, 6.07) is 24.7. The van der Waals surface area contributed by atoms with Crippen molar-refractivity contribution in [2.45, 2.75) is 24.7 Å². The number of carbonyl (C=O) groups excluding carboxylic acids is 1. The van der Waals surface area contributed by atoms with Crippen LogP contribution in [0.4, 0.5) is 5.69 Å². The quantitative estimate of drug-likeness (QED) is 0.468. The standard InChI is InChI=1S/C25H28N2O4S/c1-20(2)21-13-15-22(16-14-21)27(32(29,30)24-11-7-4-8-12-24)19-25(28)26-17-18-31-23-9-5-3-6-10-23/h3-16,20H,17-19H2,1-2H3,(H,26,28). The summed E-state index contributed by atoms with van der Waals surface area (Å²) in [6.45, 7) is 4.35. The van der Waals surface area contributed by atoms with Gasteiger partial charge in [0.25, 0.3) is 10.0 Å². The lowest BCUT2D eigenvalue weighted by atomic mass is 10.0. The van der Waals surface area contributed by atoms with E-state index >= 15 is 0 Å². The fourth-order valence-corrected chi connectivity index (χ4v) is 4.56. The van der Waals surface area contributed by atoms with Crippen molar-refractivity contribution in [2.24, 2.45) is 0 Å². The fourth-order valence-electron chi connectivity index (χ4n) is 3.12. The van der Waals surface area contributed by atoms with E-state index in [0.717, 1.165) is 9.87 Å². The van der Waals surface area contributed by atoms with Crippen LogP contribution in [0.15, 0.2) is 89.8 Å². The molecule has 32 heavy (non-hydrogen) atoms. The van der Waals surface area contributed by atoms with Crippen LogP contribution < -0.4 is 14.4 Å². The van der Waals surface area contributed by atoms with Crippen molar-refractivity contribution in [3.63, 3.8) is 0 Å². The number of nitrogens with zero attached hydrogens (tertiary/aromatic N) is 1. The minimum Gasteiger partial charge on any atom is -0.492 e. The van der Waals surface area contributed by atoms with Crippen molar-refractivity contribution in [3.05, 3.63) is 90.5 Å². The smallest absolute Gasteiger partial charge is 0.264 e. The first kappa shape index (κ1) is 23.3. The van der Waals surface area contributed by atoms with E-state index in [1.54, 1.807) is 30.3 Å². The highest BCUT2D eigenvalue weighted by molar-refractivity contribution is 7.92. The molecule has 0 aliphatic rings. The number of benzene rings is 3. The summed E-state index contributed by atoms with van der Waals surface area (Å²) >= 11 is 0. The average Bonchev–Trinajstić information content (AvgIpc) is 2.81. The number of nitrogens with one attached hydrogen (secondary N) is 1. The van der Waals surface area contributed by atoms with Crippen LogP contribution in [0.5, 0.6) is 5.75 Å². The van der Waals surface area contributed by atoms with Crippen LogP contribution >= 0.6 is 0 Å². The highest BCUT2D eigenvalue weighted by Gasteiger charge is 2.27. The highest BCUT2D eigenvalue weighted by atomic mass is 32.2. The number of amides is 1. The summed E-state index contributed by atoms with van der Waals surface area (Å²) in [4.78, 5) is 12.8. The first-order valence-corrected chi connectivity index (χ1v) is 11.9. The third kappa shape index (κ3) is 6.11. The van der Waals surface area contributed by atoms with E-state index in [1.807, 2.05) is 42.5 Å². The molecule has 0 saturated carbocycles. The minimum atomic E-state index is -3.91. The van der Waals surface area contributed by atoms with Crippen molar-refractivity contribution in [1.29, 1.82) is 0 Å². The van der Waals surface area contributed by atoms with Crippen LogP contribution in [-0.2, 0) is 14.8 Å². The Morgan fingerprint density at radius 1 is 0.906 bits per heavy atom. The molecule has 0 atom stereocenters. The van der Waals surface area contributed by atoms with Gasteiger partial charge in [0.2, 0.25) is 5.91 Å². The molecule has 0 spiro atoms. The summed E-state index contributed by atoms with van der Waals surface area (Å²) in [5.74, 6) is 0.616. The van der Waals surface area contributed by atoms with Crippen LogP contribution in [-0.4, -0.2) is 34.0 Å². The maximum atomic E-state index is 13.3. The molecule has 3 aromatic rings. The number of anilines is 1. The number of sulfonamides is 1. The van der Waals surface area contributed by atoms with Gasteiger partial charge in [0, 0.05) is 0 Å². The SMILES string of the molecule is CC(C)c1ccc(N(CC(=O)NCCOc2ccccc2)S(=O)(=O)c2ccccc2)cc1. The number of para-hydroxylation sites is 1. The second-order valence-corrected chi connectivity index (χ2v) is 9.44. The van der Waals surface area contributed by atoms with E-state index in [4.69, 9.17) is 4.74 Å². The van der Waals surface area contributed by atoms with Gasteiger partial charge in [-0.25, -0.2) is 8.42 Å². The molecule has 168 valence electrons. The molecule has 0 radical (unpaired) electrons. The largest absolute Gasteiger partial charge is 0.492 e. The molecule has 7 heteroatoms. The Hall–Kier alpha value is -3.32. The Morgan fingerprint density at radius 3 is 2.09 bits per heavy atom. The Bertz CT molecular complexity index is 1100. The molecule has 0 aromatic heterocycles. The van der Waals surface area contributed by atoms with Crippen LogP contribution in [0, 0.1) is 0 Å². The van der Waals surface area contributed by atoms with Crippen molar-refractivity contribution in [3.8, 4) is 5.75 Å². The first-order chi connectivity index (χ1) is 15.4. The zero-order chi connectivity index (χ0) is 23.0. The second kappa shape index (κ2) is 10.8. The summed E-state index contributed by atoms with van der Waals surface area (Å²) in [5.41, 5.74) is 1.53. The van der Waals surface area contributed by atoms with Gasteiger partial charge >= 0.3 is 0 Å². The summed E-state index contributed by atoms with van der Waals surface area (Å²) in [6.07, 6.45) is 0. The van der Waals surface area contributed by atoms with Gasteiger partial charge in [0.15, 0.2) is 0 Å². The zero-order valence-electron chi connectivity index (χ0n) is 18.3. The monoisotopic (exact) mass is 452 g/mol. The predicted octanol–water partition coefficient (Wildman–Crippen LogP) is 4.20. The molecule has 3 rings (SSSR count). The highest BCUT2D eigenvalue weighted by Crippen LogP contribution is 2.25. The summed E-state index contributed by atoms with van der Waals surface area (Å²) in [5, 5.41) is 2.74. The number of hydrogen-bond acceptors (Lipinski definition) is 4. The van der Waals surface area contributed by atoms with Gasteiger partial charge in [0.05, 0.1) is 17.1 Å². The van der Waals surface area contributed by atoms with E-state index in [9.17, 15) is 13.2 Å². The van der Waals surface area contributed by atoms with Crippen molar-refractivity contribution in [1.82, 2.24) is 5.32 Å². The van der Waals surface area contributed by atoms with Gasteiger partial charge in [-0.1, -0.05) is 62.4 Å². The third-order valence-electron chi connectivity index (χ3n) is 4.90. The molecule has 1 amide bonds. The van der Waals surface area contributed by atoms with Gasteiger partial charge in [-0.05, 0) is 47.9 Å². The van der Waals surface area contributed by atoms with E-state index in [2.05, 4.69) is 19.2 Å². The van der Waals surface area contributed by atoms with Gasteiger partial charge in [0.1, 0.15) is 18.9 Å². The molecular formula is C25H28N2O4S. The normalized spacial score (nSPS) is 11.2. The van der Waals surface area contributed by atoms with Crippen LogP contribution in [0.1, 0.15) is 25.3 Å². The zero-order valence-corrected chi connectivity index (χ0v) is 19.1. The van der Waals surface area contributed by atoms with Crippen molar-refractivity contribution in [2.75, 3.05) is 24.0 Å². The lowest BCUT2D eigenvalue weighted by molar-refractivity contribution is -0.119. The van der Waals surface area contributed by atoms with E-state index < -0.39 is 15.9 Å². The summed E-state index contributed by atoms with van der Waals surface area (Å²) in [7, 11) is -3.91. The summed E-state index contributed by atoms with van der Waals surface area (Å²) < 4.78 is 33.4. The Balaban J connectivity index is 1.73. The van der Waals surface area contributed by atoms with Gasteiger partial charge < -0.3 is 10.1 Å². The molecule has 0 bridgehead atoms. The number of rotatable bonds is 10. The molecular weight excluding hydrogens is 424 g/mol. The number of carbonyl (C=O) groups is 1. The second-order valence-electron chi connectivity index (χ2n) is 7.58. The first-order valence-electron chi connectivity index (χ1n) is 10.5. The topological polar surface area (TPSA) is 75.7 Å². The fraction of sp³-hybridized carbons (Fsp3) is 0.240. The van der Waals surface area contributed by atoms with Crippen LogP contribution in [0.25, 0.3) is 0 Å². The molecule has 3 aromatic carbocycles. The van der Waals surface area contributed by atoms with Gasteiger partial charge in [-0.15, -0.1) is 0 Å². The molecule has 6 nitrogen and oxygen atoms in total. The van der Waals surface area contributed by atoms with Gasteiger partial charge in [-0.3, -0.25) is 9.10 Å². The van der Waals surface area contributed by atoms with E-state index in [0.29, 0.717) is 17.4 Å². The lowest BCUT2D eigenvalue weighted by Crippen LogP contribution is -2.41. The molecule has 0 unspecified atom stereocenters. The third-order valence-corrected chi connectivity index (χ3v) is 6.69. The Morgan fingerprint density at radius 2 is 1.50 bits per heavy atom. The Kier molecular flexibility index (Phi) is 7.89. The molecule has 1 N–H and O–H groups in total. The molecule has 0 saturated heterocycles. The number of ether oxygens (including phenoxy) is 1. The van der Waals surface area contributed by atoms with Crippen LogP contribution in [0.3, 0.4) is 0 Å². The van der Waals surface area contributed by atoms with Crippen molar-refractivity contribution < 1.29 is 17.9 Å². The van der Waals surface area contributed by atoms with Crippen LogP contribution in [0.2, 0.25) is 0 Å². The van der Waals surface area contributed by atoms with Crippen molar-refractivity contribution >= 4 is 21.6 Å².